The first-order chi connectivity index (χ1) is 16.2. The number of aromatic nitrogens is 2. The molecular formula is C25H32N4O5. The molecule has 1 amide bonds. The molecule has 2 aliphatic rings. The van der Waals surface area contributed by atoms with Crippen LogP contribution >= 0.6 is 0 Å². The number of aliphatic imine (C=N–C) groups is 1. The van der Waals surface area contributed by atoms with Crippen LogP contribution in [-0.2, 0) is 26.9 Å². The summed E-state index contributed by atoms with van der Waals surface area (Å²) in [5.74, 6) is 0.998. The number of nitrogens with zero attached hydrogens (tertiary/aromatic N) is 3. The Morgan fingerprint density at radius 2 is 2.18 bits per heavy atom. The molecule has 2 fully saturated rings. The quantitative estimate of drug-likeness (QED) is 0.483. The SMILES string of the molecule is C=c1c(-c2cc(O[C@H]3C[C@@H](O)C3)cc([C@]3(OC)CCOC3)n2)cn(C)/c1=C/N=C(\C)NC(C)=O. The van der Waals surface area contributed by atoms with Gasteiger partial charge in [-0.2, -0.15) is 0 Å². The summed E-state index contributed by atoms with van der Waals surface area (Å²) in [6, 6.07) is 3.80. The fourth-order valence-corrected chi connectivity index (χ4v) is 4.31. The number of amidine groups is 1. The molecule has 1 atom stereocenters. The van der Waals surface area contributed by atoms with Crippen LogP contribution in [0.1, 0.15) is 38.8 Å². The number of aryl methyl sites for hydroxylation is 1. The zero-order chi connectivity index (χ0) is 24.5. The second-order valence-corrected chi connectivity index (χ2v) is 8.98. The molecule has 9 heteroatoms. The van der Waals surface area contributed by atoms with E-state index in [0.29, 0.717) is 49.8 Å². The van der Waals surface area contributed by atoms with E-state index >= 15 is 0 Å². The van der Waals surface area contributed by atoms with E-state index in [0.717, 1.165) is 21.8 Å². The lowest BCUT2D eigenvalue weighted by Crippen LogP contribution is -2.37. The van der Waals surface area contributed by atoms with Crippen molar-refractivity contribution in [3.63, 3.8) is 0 Å². The summed E-state index contributed by atoms with van der Waals surface area (Å²) in [4.78, 5) is 20.6. The molecule has 34 heavy (non-hydrogen) atoms. The molecule has 3 heterocycles. The summed E-state index contributed by atoms with van der Waals surface area (Å²) < 4.78 is 19.6. The van der Waals surface area contributed by atoms with Crippen molar-refractivity contribution in [2.24, 2.45) is 12.0 Å². The highest BCUT2D eigenvalue weighted by Crippen LogP contribution is 2.37. The van der Waals surface area contributed by atoms with Crippen molar-refractivity contribution < 1.29 is 24.1 Å². The molecule has 4 rings (SSSR count). The third-order valence-electron chi connectivity index (χ3n) is 6.36. The minimum Gasteiger partial charge on any atom is -0.490 e. The molecule has 1 saturated heterocycles. The lowest BCUT2D eigenvalue weighted by Gasteiger charge is -2.32. The number of aliphatic hydroxyl groups excluding tert-OH is 1. The maximum atomic E-state index is 11.3. The minimum absolute atomic E-state index is 0.0265. The normalized spacial score (nSPS) is 25.3. The fourth-order valence-electron chi connectivity index (χ4n) is 4.31. The molecular weight excluding hydrogens is 436 g/mol. The number of nitrogens with one attached hydrogen (secondary N) is 1. The molecule has 0 spiro atoms. The molecule has 1 saturated carbocycles. The number of ether oxygens (including phenoxy) is 3. The van der Waals surface area contributed by atoms with E-state index < -0.39 is 5.60 Å². The van der Waals surface area contributed by atoms with Crippen LogP contribution in [0.4, 0.5) is 0 Å². The molecule has 0 radical (unpaired) electrons. The third-order valence-corrected chi connectivity index (χ3v) is 6.36. The molecule has 2 aromatic rings. The highest BCUT2D eigenvalue weighted by atomic mass is 16.5. The van der Waals surface area contributed by atoms with Crippen molar-refractivity contribution >= 4 is 24.5 Å². The lowest BCUT2D eigenvalue weighted by atomic mass is 9.92. The van der Waals surface area contributed by atoms with Gasteiger partial charge in [-0.1, -0.05) is 6.58 Å². The number of hydrogen-bond donors (Lipinski definition) is 2. The van der Waals surface area contributed by atoms with Crippen LogP contribution in [0, 0.1) is 0 Å². The van der Waals surface area contributed by atoms with Crippen molar-refractivity contribution in [2.45, 2.75) is 50.9 Å². The van der Waals surface area contributed by atoms with Crippen LogP contribution in [-0.4, -0.2) is 58.9 Å². The molecule has 9 nitrogen and oxygen atoms in total. The van der Waals surface area contributed by atoms with Gasteiger partial charge < -0.3 is 29.2 Å². The Morgan fingerprint density at radius 3 is 2.79 bits per heavy atom. The largest absolute Gasteiger partial charge is 0.490 e. The highest BCUT2D eigenvalue weighted by molar-refractivity contribution is 5.96. The van der Waals surface area contributed by atoms with Crippen LogP contribution in [0.25, 0.3) is 24.0 Å². The van der Waals surface area contributed by atoms with Crippen LogP contribution in [0.3, 0.4) is 0 Å². The van der Waals surface area contributed by atoms with Crippen LogP contribution in [0.15, 0.2) is 23.3 Å². The second kappa shape index (κ2) is 9.69. The molecule has 0 unspecified atom stereocenters. The zero-order valence-corrected chi connectivity index (χ0v) is 20.1. The van der Waals surface area contributed by atoms with Crippen molar-refractivity contribution in [1.29, 1.82) is 0 Å². The standard InChI is InChI=1S/C25H32N4O5/c1-15-21(13-29(4)23(15)12-26-16(2)27-17(3)30)22-10-20(34-19-8-18(31)9-19)11-24(28-22)25(32-5)6-7-33-14-25/h10-13,18-19,31H,1,6-9,14H2,2-5H3,(H,26,27,30)/b23-12+/t18-,19+,25-/m0/s1. The maximum absolute atomic E-state index is 11.3. The van der Waals surface area contributed by atoms with Gasteiger partial charge in [-0.15, -0.1) is 0 Å². The van der Waals surface area contributed by atoms with Crippen molar-refractivity contribution in [3.8, 4) is 17.0 Å². The summed E-state index contributed by atoms with van der Waals surface area (Å²) >= 11 is 0. The van der Waals surface area contributed by atoms with Gasteiger partial charge in [-0.25, -0.2) is 9.98 Å². The van der Waals surface area contributed by atoms with Crippen molar-refractivity contribution in [2.75, 3.05) is 20.3 Å². The van der Waals surface area contributed by atoms with E-state index in [2.05, 4.69) is 16.9 Å². The Morgan fingerprint density at radius 1 is 1.41 bits per heavy atom. The summed E-state index contributed by atoms with van der Waals surface area (Å²) in [6.07, 6.45) is 5.22. The first-order valence-corrected chi connectivity index (χ1v) is 11.4. The molecule has 1 aliphatic carbocycles. The van der Waals surface area contributed by atoms with Gasteiger partial charge in [-0.3, -0.25) is 4.79 Å². The van der Waals surface area contributed by atoms with Gasteiger partial charge in [0.15, 0.2) is 0 Å². The first-order valence-electron chi connectivity index (χ1n) is 11.4. The predicted octanol–water partition coefficient (Wildman–Crippen LogP) is 0.954. The summed E-state index contributed by atoms with van der Waals surface area (Å²) in [5.41, 5.74) is 1.65. The van der Waals surface area contributed by atoms with Crippen molar-refractivity contribution in [3.05, 3.63) is 34.6 Å². The van der Waals surface area contributed by atoms with E-state index in [9.17, 15) is 9.90 Å². The number of rotatable bonds is 6. The number of aliphatic hydroxyl groups is 1. The van der Waals surface area contributed by atoms with Gasteiger partial charge in [0.1, 0.15) is 23.3 Å². The predicted molar refractivity (Wildman–Crippen MR) is 129 cm³/mol. The van der Waals surface area contributed by atoms with Crippen LogP contribution in [0.2, 0.25) is 0 Å². The number of amides is 1. The molecule has 2 aromatic heterocycles. The second-order valence-electron chi connectivity index (χ2n) is 8.98. The monoisotopic (exact) mass is 468 g/mol. The van der Waals surface area contributed by atoms with Crippen LogP contribution in [0.5, 0.6) is 5.75 Å². The Kier molecular flexibility index (Phi) is 6.88. The van der Waals surface area contributed by atoms with E-state index in [4.69, 9.17) is 19.2 Å². The Bertz CT molecular complexity index is 1210. The fraction of sp³-hybridized carbons (Fsp3) is 0.480. The van der Waals surface area contributed by atoms with Crippen LogP contribution < -0.4 is 20.6 Å². The van der Waals surface area contributed by atoms with E-state index in [1.54, 1.807) is 20.2 Å². The van der Waals surface area contributed by atoms with E-state index in [1.165, 1.54) is 6.92 Å². The molecule has 0 bridgehead atoms. The smallest absolute Gasteiger partial charge is 0.222 e. The lowest BCUT2D eigenvalue weighted by molar-refractivity contribution is -0.117. The molecule has 2 N–H and O–H groups in total. The van der Waals surface area contributed by atoms with E-state index in [-0.39, 0.29) is 18.1 Å². The summed E-state index contributed by atoms with van der Waals surface area (Å²) in [5, 5.41) is 13.9. The molecule has 1 aliphatic heterocycles. The van der Waals surface area contributed by atoms with Gasteiger partial charge in [-0.05, 0) is 6.92 Å². The number of methoxy groups -OCH3 is 1. The summed E-state index contributed by atoms with van der Waals surface area (Å²) in [6.45, 7) is 8.46. The maximum Gasteiger partial charge on any atom is 0.222 e. The Labute approximate surface area is 198 Å². The van der Waals surface area contributed by atoms with Gasteiger partial charge in [0.05, 0.1) is 35.6 Å². The first kappa shape index (κ1) is 24.1. The molecule has 182 valence electrons. The number of carbonyl (C=O) groups is 1. The van der Waals surface area contributed by atoms with Crippen molar-refractivity contribution in [1.82, 2.24) is 14.9 Å². The highest BCUT2D eigenvalue weighted by Gasteiger charge is 2.39. The van der Waals surface area contributed by atoms with Gasteiger partial charge in [0, 0.05) is 76.1 Å². The van der Waals surface area contributed by atoms with Gasteiger partial charge in [0.25, 0.3) is 0 Å². The third kappa shape index (κ3) is 4.91. The number of hydrogen-bond acceptors (Lipinski definition) is 7. The minimum atomic E-state index is -0.641. The van der Waals surface area contributed by atoms with E-state index in [1.807, 2.05) is 29.9 Å². The number of pyridine rings is 1. The average Bonchev–Trinajstić information content (AvgIpc) is 3.36. The topological polar surface area (TPSA) is 107 Å². The number of carbonyl (C=O) groups excluding carboxylic acids is 1. The Balaban J connectivity index is 1.77. The Hall–Kier alpha value is -3.01. The van der Waals surface area contributed by atoms with Gasteiger partial charge >= 0.3 is 0 Å². The van der Waals surface area contributed by atoms with Gasteiger partial charge in [0.2, 0.25) is 5.91 Å². The average molecular weight is 469 g/mol. The summed E-state index contributed by atoms with van der Waals surface area (Å²) in [7, 11) is 3.58. The zero-order valence-electron chi connectivity index (χ0n) is 20.1. The molecule has 0 aromatic carbocycles.